The SMILES string of the molecule is CC(NS(=O)(=O)c1cnc(NN)nc1)c1ccccc1F. The first-order chi connectivity index (χ1) is 9.94. The summed E-state index contributed by atoms with van der Waals surface area (Å²) in [5.74, 6) is 4.71. The number of halogens is 1. The van der Waals surface area contributed by atoms with Crippen LogP contribution in [0.15, 0.2) is 41.6 Å². The maximum atomic E-state index is 13.6. The Labute approximate surface area is 121 Å². The van der Waals surface area contributed by atoms with Crippen molar-refractivity contribution in [3.05, 3.63) is 48.0 Å². The van der Waals surface area contributed by atoms with Gasteiger partial charge in [-0.05, 0) is 13.0 Å². The first kappa shape index (κ1) is 15.3. The molecule has 2 aromatic rings. The topological polar surface area (TPSA) is 110 Å². The van der Waals surface area contributed by atoms with Gasteiger partial charge in [0.25, 0.3) is 0 Å². The van der Waals surface area contributed by atoms with E-state index in [1.165, 1.54) is 18.2 Å². The van der Waals surface area contributed by atoms with Crippen molar-refractivity contribution in [1.82, 2.24) is 14.7 Å². The fraction of sp³-hybridized carbons (Fsp3) is 0.167. The van der Waals surface area contributed by atoms with Crippen molar-refractivity contribution in [2.45, 2.75) is 17.9 Å². The van der Waals surface area contributed by atoms with Gasteiger partial charge < -0.3 is 0 Å². The van der Waals surface area contributed by atoms with Crippen molar-refractivity contribution in [3.8, 4) is 0 Å². The van der Waals surface area contributed by atoms with Gasteiger partial charge in [0.15, 0.2) is 0 Å². The highest BCUT2D eigenvalue weighted by Crippen LogP contribution is 2.19. The quantitative estimate of drug-likeness (QED) is 0.560. The van der Waals surface area contributed by atoms with Crippen LogP contribution in [0.25, 0.3) is 0 Å². The molecule has 0 saturated carbocycles. The first-order valence-corrected chi connectivity index (χ1v) is 7.48. The van der Waals surface area contributed by atoms with Gasteiger partial charge in [0.05, 0.1) is 12.4 Å². The van der Waals surface area contributed by atoms with Crippen LogP contribution >= 0.6 is 0 Å². The van der Waals surface area contributed by atoms with Crippen molar-refractivity contribution in [3.63, 3.8) is 0 Å². The van der Waals surface area contributed by atoms with E-state index in [9.17, 15) is 12.8 Å². The van der Waals surface area contributed by atoms with Crippen molar-refractivity contribution in [2.75, 3.05) is 5.43 Å². The van der Waals surface area contributed by atoms with Crippen LogP contribution in [-0.2, 0) is 10.0 Å². The highest BCUT2D eigenvalue weighted by Gasteiger charge is 2.20. The number of aromatic nitrogens is 2. The lowest BCUT2D eigenvalue weighted by molar-refractivity contribution is 0.549. The molecule has 1 aromatic carbocycles. The number of nitrogen functional groups attached to an aromatic ring is 1. The smallest absolute Gasteiger partial charge is 0.244 e. The van der Waals surface area contributed by atoms with Crippen LogP contribution in [0, 0.1) is 5.82 Å². The molecule has 9 heteroatoms. The molecule has 0 fully saturated rings. The average molecular weight is 311 g/mol. The Hall–Kier alpha value is -2.10. The third-order valence-electron chi connectivity index (χ3n) is 2.77. The van der Waals surface area contributed by atoms with E-state index in [4.69, 9.17) is 5.84 Å². The molecule has 0 radical (unpaired) electrons. The van der Waals surface area contributed by atoms with Gasteiger partial charge in [0, 0.05) is 11.6 Å². The molecule has 0 saturated heterocycles. The van der Waals surface area contributed by atoms with E-state index in [2.05, 4.69) is 20.1 Å². The monoisotopic (exact) mass is 311 g/mol. The molecule has 0 amide bonds. The molecule has 0 aliphatic carbocycles. The number of nitrogens with two attached hydrogens (primary N) is 1. The van der Waals surface area contributed by atoms with Gasteiger partial charge in [-0.15, -0.1) is 0 Å². The van der Waals surface area contributed by atoms with E-state index in [-0.39, 0.29) is 16.4 Å². The number of rotatable bonds is 5. The second-order valence-electron chi connectivity index (χ2n) is 4.25. The average Bonchev–Trinajstić information content (AvgIpc) is 2.47. The molecular weight excluding hydrogens is 297 g/mol. The van der Waals surface area contributed by atoms with E-state index in [1.54, 1.807) is 13.0 Å². The number of hydrogen-bond donors (Lipinski definition) is 3. The molecule has 7 nitrogen and oxygen atoms in total. The Morgan fingerprint density at radius 3 is 2.43 bits per heavy atom. The van der Waals surface area contributed by atoms with Crippen LogP contribution in [0.1, 0.15) is 18.5 Å². The maximum Gasteiger partial charge on any atom is 0.244 e. The molecule has 0 aliphatic heterocycles. The number of hydrazine groups is 1. The summed E-state index contributed by atoms with van der Waals surface area (Å²) in [4.78, 5) is 7.31. The molecule has 112 valence electrons. The highest BCUT2D eigenvalue weighted by molar-refractivity contribution is 7.89. The number of hydrogen-bond acceptors (Lipinski definition) is 6. The van der Waals surface area contributed by atoms with Gasteiger partial charge in [-0.1, -0.05) is 18.2 Å². The summed E-state index contributed by atoms with van der Waals surface area (Å²) >= 11 is 0. The van der Waals surface area contributed by atoms with E-state index in [1.807, 2.05) is 0 Å². The van der Waals surface area contributed by atoms with Gasteiger partial charge in [-0.2, -0.15) is 0 Å². The van der Waals surface area contributed by atoms with E-state index in [0.29, 0.717) is 0 Å². The van der Waals surface area contributed by atoms with E-state index < -0.39 is 21.9 Å². The zero-order valence-corrected chi connectivity index (χ0v) is 11.9. The van der Waals surface area contributed by atoms with Gasteiger partial charge in [0.1, 0.15) is 10.7 Å². The second kappa shape index (κ2) is 6.12. The molecule has 1 heterocycles. The lowest BCUT2D eigenvalue weighted by atomic mass is 10.1. The van der Waals surface area contributed by atoms with Crippen molar-refractivity contribution < 1.29 is 12.8 Å². The number of anilines is 1. The number of nitrogens with one attached hydrogen (secondary N) is 2. The fourth-order valence-corrected chi connectivity index (χ4v) is 2.83. The zero-order valence-electron chi connectivity index (χ0n) is 11.1. The first-order valence-electron chi connectivity index (χ1n) is 5.99. The molecule has 1 aromatic heterocycles. The highest BCUT2D eigenvalue weighted by atomic mass is 32.2. The zero-order chi connectivity index (χ0) is 15.5. The van der Waals surface area contributed by atoms with Crippen molar-refractivity contribution >= 4 is 16.0 Å². The summed E-state index contributed by atoms with van der Waals surface area (Å²) in [7, 11) is -3.86. The predicted octanol–water partition coefficient (Wildman–Crippen LogP) is 0.941. The third kappa shape index (κ3) is 3.51. The molecule has 0 aliphatic rings. The molecule has 4 N–H and O–H groups in total. The van der Waals surface area contributed by atoms with Gasteiger partial charge in [-0.3, -0.25) is 5.43 Å². The molecule has 21 heavy (non-hydrogen) atoms. The summed E-state index contributed by atoms with van der Waals surface area (Å²) in [5.41, 5.74) is 2.44. The van der Waals surface area contributed by atoms with Crippen molar-refractivity contribution in [2.24, 2.45) is 5.84 Å². The third-order valence-corrected chi connectivity index (χ3v) is 4.27. The van der Waals surface area contributed by atoms with Crippen LogP contribution in [0.3, 0.4) is 0 Å². The van der Waals surface area contributed by atoms with Crippen molar-refractivity contribution in [1.29, 1.82) is 0 Å². The molecule has 0 bridgehead atoms. The van der Waals surface area contributed by atoms with Crippen LogP contribution in [0.4, 0.5) is 10.3 Å². The lowest BCUT2D eigenvalue weighted by Gasteiger charge is -2.15. The standard InChI is InChI=1S/C12H14FN5O2S/c1-8(10-4-2-3-5-11(10)13)18-21(19,20)9-6-15-12(17-14)16-7-9/h2-8,18H,14H2,1H3,(H,15,16,17). The van der Waals surface area contributed by atoms with Crippen LogP contribution in [0.2, 0.25) is 0 Å². The minimum atomic E-state index is -3.86. The maximum absolute atomic E-state index is 13.6. The Balaban J connectivity index is 2.22. The minimum Gasteiger partial charge on any atom is -0.292 e. The minimum absolute atomic E-state index is 0.0936. The predicted molar refractivity (Wildman–Crippen MR) is 75.0 cm³/mol. The number of benzene rings is 1. The Kier molecular flexibility index (Phi) is 4.46. The molecule has 0 spiro atoms. The molecule has 2 rings (SSSR count). The lowest BCUT2D eigenvalue weighted by Crippen LogP contribution is -2.27. The Bertz CT molecular complexity index is 721. The van der Waals surface area contributed by atoms with E-state index >= 15 is 0 Å². The number of nitrogens with zero attached hydrogens (tertiary/aromatic N) is 2. The van der Waals surface area contributed by atoms with Crippen LogP contribution < -0.4 is 16.0 Å². The summed E-state index contributed by atoms with van der Waals surface area (Å²) in [6.45, 7) is 1.55. The summed E-state index contributed by atoms with van der Waals surface area (Å²) < 4.78 is 40.3. The summed E-state index contributed by atoms with van der Waals surface area (Å²) in [5, 5.41) is 0. The molecule has 1 atom stereocenters. The van der Waals surface area contributed by atoms with Gasteiger partial charge >= 0.3 is 0 Å². The molecule has 1 unspecified atom stereocenters. The van der Waals surface area contributed by atoms with Crippen LogP contribution in [-0.4, -0.2) is 18.4 Å². The van der Waals surface area contributed by atoms with Gasteiger partial charge in [-0.25, -0.2) is 33.3 Å². The second-order valence-corrected chi connectivity index (χ2v) is 5.97. The normalized spacial score (nSPS) is 12.9. The molecular formula is C12H14FN5O2S. The largest absolute Gasteiger partial charge is 0.292 e. The van der Waals surface area contributed by atoms with E-state index in [0.717, 1.165) is 12.4 Å². The summed E-state index contributed by atoms with van der Waals surface area (Å²) in [6.07, 6.45) is 2.22. The summed E-state index contributed by atoms with van der Waals surface area (Å²) in [6, 6.07) is 5.22. The Morgan fingerprint density at radius 1 is 1.24 bits per heavy atom. The fourth-order valence-electron chi connectivity index (χ4n) is 1.72. The number of sulfonamides is 1. The van der Waals surface area contributed by atoms with Crippen LogP contribution in [0.5, 0.6) is 0 Å². The van der Waals surface area contributed by atoms with Gasteiger partial charge in [0.2, 0.25) is 16.0 Å². The Morgan fingerprint density at radius 2 is 1.86 bits per heavy atom.